The highest BCUT2D eigenvalue weighted by Crippen LogP contribution is 2.42. The van der Waals surface area contributed by atoms with Gasteiger partial charge in [0.1, 0.15) is 17.3 Å². The molecule has 0 aliphatic heterocycles. The van der Waals surface area contributed by atoms with Crippen LogP contribution in [0.5, 0.6) is 17.2 Å². The third-order valence-corrected chi connectivity index (χ3v) is 4.51. The lowest BCUT2D eigenvalue weighted by Gasteiger charge is -2.21. The number of ether oxygens (including phenoxy) is 1. The average molecular weight is 404 g/mol. The molecule has 0 heterocycles. The second-order valence-corrected chi connectivity index (χ2v) is 7.09. The van der Waals surface area contributed by atoms with Gasteiger partial charge < -0.3 is 36.6 Å². The molecule has 156 valence electrons. The monoisotopic (exact) mass is 404 g/mol. The first kappa shape index (κ1) is 22.0. The van der Waals surface area contributed by atoms with Gasteiger partial charge in [-0.25, -0.2) is 0 Å². The van der Waals surface area contributed by atoms with Crippen LogP contribution >= 0.6 is 0 Å². The summed E-state index contributed by atoms with van der Waals surface area (Å²) in [5, 5.41) is 38.8. The van der Waals surface area contributed by atoms with Crippen molar-refractivity contribution in [3.05, 3.63) is 41.5 Å². The number of hydrogen-bond acceptors (Lipinski definition) is 7. The minimum absolute atomic E-state index is 0.0595. The zero-order chi connectivity index (χ0) is 21.9. The lowest BCUT2D eigenvalue weighted by molar-refractivity contribution is -0.142. The molecule has 0 fully saturated rings. The van der Waals surface area contributed by atoms with E-state index in [2.05, 4.69) is 0 Å². The maximum Gasteiger partial charge on any atom is 0.323 e. The Balaban J connectivity index is 2.65. The summed E-state index contributed by atoms with van der Waals surface area (Å²) >= 11 is 0. The summed E-state index contributed by atoms with van der Waals surface area (Å²) in [6.07, 6.45) is -0.134. The van der Waals surface area contributed by atoms with Crippen LogP contribution < -0.4 is 16.2 Å². The van der Waals surface area contributed by atoms with E-state index in [0.29, 0.717) is 22.3 Å². The maximum absolute atomic E-state index is 11.3. The number of carboxylic acid groups (broad SMARTS) is 2. The molecule has 2 aromatic rings. The van der Waals surface area contributed by atoms with Crippen LogP contribution in [0.15, 0.2) is 30.3 Å². The molecule has 0 aliphatic rings. The Bertz CT molecular complexity index is 941. The van der Waals surface area contributed by atoms with E-state index >= 15 is 0 Å². The summed E-state index contributed by atoms with van der Waals surface area (Å²) in [6, 6.07) is 6.06. The second-order valence-electron chi connectivity index (χ2n) is 7.09. The molecule has 2 atom stereocenters. The first-order valence-electron chi connectivity index (χ1n) is 8.69. The highest BCUT2D eigenvalue weighted by Gasteiger charge is 2.29. The SMILES string of the molecule is COc1c(O)ccc(C[C@H](N)C(=O)O)c1-c1cc(O)cc(CC(C)(N)C(=O)O)c1. The Kier molecular flexibility index (Phi) is 6.35. The van der Waals surface area contributed by atoms with Crippen molar-refractivity contribution in [1.29, 1.82) is 0 Å². The maximum atomic E-state index is 11.3. The lowest BCUT2D eigenvalue weighted by atomic mass is 9.89. The van der Waals surface area contributed by atoms with Gasteiger partial charge in [-0.05, 0) is 48.2 Å². The lowest BCUT2D eigenvalue weighted by Crippen LogP contribution is -2.46. The van der Waals surface area contributed by atoms with Gasteiger partial charge in [0, 0.05) is 12.0 Å². The number of hydrogen-bond donors (Lipinski definition) is 6. The smallest absolute Gasteiger partial charge is 0.323 e. The number of phenols is 2. The van der Waals surface area contributed by atoms with Crippen LogP contribution in [0.1, 0.15) is 18.1 Å². The number of benzene rings is 2. The number of rotatable bonds is 8. The molecule has 0 bridgehead atoms. The molecule has 0 spiro atoms. The number of carboxylic acids is 2. The quantitative estimate of drug-likeness (QED) is 0.376. The molecular weight excluding hydrogens is 380 g/mol. The van der Waals surface area contributed by atoms with Gasteiger partial charge >= 0.3 is 11.9 Å². The van der Waals surface area contributed by atoms with Crippen LogP contribution in [0.3, 0.4) is 0 Å². The highest BCUT2D eigenvalue weighted by atomic mass is 16.5. The fourth-order valence-electron chi connectivity index (χ4n) is 3.05. The van der Waals surface area contributed by atoms with Crippen molar-refractivity contribution in [3.63, 3.8) is 0 Å². The van der Waals surface area contributed by atoms with E-state index in [9.17, 15) is 24.9 Å². The van der Waals surface area contributed by atoms with Gasteiger partial charge in [-0.3, -0.25) is 9.59 Å². The second kappa shape index (κ2) is 8.38. The Morgan fingerprint density at radius 1 is 1.17 bits per heavy atom. The van der Waals surface area contributed by atoms with Crippen LogP contribution in [-0.4, -0.2) is 51.1 Å². The molecule has 0 amide bonds. The van der Waals surface area contributed by atoms with E-state index < -0.39 is 23.5 Å². The van der Waals surface area contributed by atoms with Crippen LogP contribution in [0.2, 0.25) is 0 Å². The Hall–Kier alpha value is -3.30. The van der Waals surface area contributed by atoms with Crippen LogP contribution in [0.25, 0.3) is 11.1 Å². The van der Waals surface area contributed by atoms with Gasteiger partial charge in [0.15, 0.2) is 11.5 Å². The summed E-state index contributed by atoms with van der Waals surface area (Å²) in [4.78, 5) is 22.5. The molecule has 9 heteroatoms. The molecule has 0 saturated heterocycles. The summed E-state index contributed by atoms with van der Waals surface area (Å²) in [7, 11) is 1.34. The number of aromatic hydroxyl groups is 2. The van der Waals surface area contributed by atoms with Crippen molar-refractivity contribution in [1.82, 2.24) is 0 Å². The first-order chi connectivity index (χ1) is 13.5. The zero-order valence-corrected chi connectivity index (χ0v) is 16.0. The predicted molar refractivity (Wildman–Crippen MR) is 105 cm³/mol. The standard InChI is InChI=1S/C20H24N2O7/c1-20(22,19(27)28)9-10-5-12(7-13(23)6-10)16-11(8-14(21)18(25)26)3-4-15(24)17(16)29-2/h3-7,14,23-24H,8-9,21-22H2,1-2H3,(H,25,26)(H,27,28)/t14-,20?/m0/s1. The fourth-order valence-corrected chi connectivity index (χ4v) is 3.05. The normalized spacial score (nSPS) is 14.1. The van der Waals surface area contributed by atoms with Crippen molar-refractivity contribution >= 4 is 11.9 Å². The number of nitrogens with two attached hydrogens (primary N) is 2. The molecule has 0 radical (unpaired) electrons. The van der Waals surface area contributed by atoms with E-state index in [1.165, 1.54) is 38.3 Å². The van der Waals surface area contributed by atoms with Gasteiger partial charge in [-0.1, -0.05) is 12.1 Å². The van der Waals surface area contributed by atoms with Gasteiger partial charge in [0.05, 0.1) is 7.11 Å². The average Bonchev–Trinajstić information content (AvgIpc) is 2.61. The molecule has 1 unspecified atom stereocenters. The minimum atomic E-state index is -1.57. The van der Waals surface area contributed by atoms with E-state index in [1.54, 1.807) is 6.07 Å². The van der Waals surface area contributed by atoms with Crippen LogP contribution in [-0.2, 0) is 22.4 Å². The Morgan fingerprint density at radius 2 is 1.83 bits per heavy atom. The zero-order valence-electron chi connectivity index (χ0n) is 16.0. The van der Waals surface area contributed by atoms with Gasteiger partial charge in [0.25, 0.3) is 0 Å². The molecule has 0 saturated carbocycles. The van der Waals surface area contributed by atoms with E-state index in [0.717, 1.165) is 0 Å². The molecule has 0 aromatic heterocycles. The van der Waals surface area contributed by atoms with E-state index in [-0.39, 0.29) is 30.1 Å². The fraction of sp³-hybridized carbons (Fsp3) is 0.300. The van der Waals surface area contributed by atoms with Crippen LogP contribution in [0.4, 0.5) is 0 Å². The third-order valence-electron chi connectivity index (χ3n) is 4.51. The summed E-state index contributed by atoms with van der Waals surface area (Å²) in [6.45, 7) is 1.35. The number of phenolic OH excluding ortho intramolecular Hbond substituents is 2. The third kappa shape index (κ3) is 4.95. The van der Waals surface area contributed by atoms with Crippen molar-refractivity contribution in [2.75, 3.05) is 7.11 Å². The van der Waals surface area contributed by atoms with Gasteiger partial charge in [-0.2, -0.15) is 0 Å². The molecule has 2 rings (SSSR count). The topological polar surface area (TPSA) is 176 Å². The molecule has 8 N–H and O–H groups in total. The summed E-state index contributed by atoms with van der Waals surface area (Å²) < 4.78 is 5.29. The largest absolute Gasteiger partial charge is 0.508 e. The van der Waals surface area contributed by atoms with Crippen molar-refractivity contribution in [3.8, 4) is 28.4 Å². The highest BCUT2D eigenvalue weighted by molar-refractivity contribution is 5.81. The Morgan fingerprint density at radius 3 is 2.38 bits per heavy atom. The van der Waals surface area contributed by atoms with E-state index in [1.807, 2.05) is 0 Å². The van der Waals surface area contributed by atoms with Gasteiger partial charge in [-0.15, -0.1) is 0 Å². The molecular formula is C20H24N2O7. The summed E-state index contributed by atoms with van der Waals surface area (Å²) in [5.74, 6) is -2.66. The number of methoxy groups -OCH3 is 1. The molecule has 2 aromatic carbocycles. The van der Waals surface area contributed by atoms with Crippen LogP contribution in [0, 0.1) is 0 Å². The first-order valence-corrected chi connectivity index (χ1v) is 8.69. The molecule has 0 aliphatic carbocycles. The van der Waals surface area contributed by atoms with Crippen molar-refractivity contribution < 1.29 is 34.8 Å². The van der Waals surface area contributed by atoms with Gasteiger partial charge in [0.2, 0.25) is 0 Å². The van der Waals surface area contributed by atoms with Crippen molar-refractivity contribution in [2.24, 2.45) is 11.5 Å². The summed E-state index contributed by atoms with van der Waals surface area (Å²) in [5.41, 5.74) is 11.6. The predicted octanol–water partition coefficient (Wildman–Crippen LogP) is 1.07. The Labute approximate surface area is 167 Å². The molecule has 9 nitrogen and oxygen atoms in total. The van der Waals surface area contributed by atoms with Crippen molar-refractivity contribution in [2.45, 2.75) is 31.3 Å². The number of carbonyl (C=O) groups is 2. The minimum Gasteiger partial charge on any atom is -0.508 e. The van der Waals surface area contributed by atoms with E-state index in [4.69, 9.17) is 21.3 Å². The molecule has 29 heavy (non-hydrogen) atoms. The number of aliphatic carboxylic acids is 2.